The van der Waals surface area contributed by atoms with Crippen molar-refractivity contribution in [3.63, 3.8) is 0 Å². The van der Waals surface area contributed by atoms with Crippen LogP contribution in [0.1, 0.15) is 97.9 Å². The highest BCUT2D eigenvalue weighted by atomic mass is 35.5. The maximum Gasteiger partial charge on any atom is 0.0720 e. The monoisotopic (exact) mass is 1510 g/mol. The van der Waals surface area contributed by atoms with E-state index < -0.39 is 21.7 Å². The van der Waals surface area contributed by atoms with E-state index in [1.807, 2.05) is 30.3 Å². The Labute approximate surface area is 687 Å². The molecule has 0 amide bonds. The van der Waals surface area contributed by atoms with Crippen molar-refractivity contribution in [2.75, 3.05) is 10.2 Å². The van der Waals surface area contributed by atoms with Crippen LogP contribution in [0.25, 0.3) is 44.5 Å². The van der Waals surface area contributed by atoms with Crippen LogP contribution in [-0.4, -0.2) is 0 Å². The van der Waals surface area contributed by atoms with Gasteiger partial charge >= 0.3 is 0 Å². The van der Waals surface area contributed by atoms with E-state index in [-0.39, 0.29) is 8.85 Å². The molecule has 0 radical (unpaired) electrons. The fourth-order valence-corrected chi connectivity index (χ4v) is 20.0. The van der Waals surface area contributed by atoms with E-state index >= 15 is 0 Å². The first kappa shape index (κ1) is 72.1. The number of hydrogen-bond acceptors (Lipinski definition) is 2. The quantitative estimate of drug-likeness (QED) is 0.139. The summed E-state index contributed by atoms with van der Waals surface area (Å²) in [6, 6.07) is 172. The summed E-state index contributed by atoms with van der Waals surface area (Å²) < 4.78 is 0. The van der Waals surface area contributed by atoms with Crippen LogP contribution < -0.4 is 10.2 Å². The second-order valence-electron chi connectivity index (χ2n) is 30.2. The largest absolute Gasteiger partial charge is 0.356 e. The minimum atomic E-state index is -0.568. The van der Waals surface area contributed by atoms with Crippen LogP contribution in [0.5, 0.6) is 0 Å². The van der Waals surface area contributed by atoms with Gasteiger partial charge in [0, 0.05) is 34.9 Å². The molecule has 554 valence electrons. The SMILES string of the molecule is C.Clc1ccc2c(c1)C1(c3ccccc3-2)c2ccccc2C(c2ccccc2)(c2ccccc2)c2ccccc21.[2HH].c1ccc(-c2ccc(N(c3ccccc3)c3ccc4c(c3)C3(c5ccccc5-4)c4ccccc4C(c4ccccc4)(c4ccccc4)c4ccccc43)cc2)cc1.c1ccc(Nc2ccc(-c3ccccc3)cc2)cc1. The van der Waals surface area contributed by atoms with Gasteiger partial charge in [0.25, 0.3) is 0 Å². The summed E-state index contributed by atoms with van der Waals surface area (Å²) in [7, 11) is 0. The molecule has 0 aliphatic heterocycles. The molecule has 1 N–H and O–H groups in total. The fraction of sp³-hybridized carbons (Fsp3) is 0.0442. The van der Waals surface area contributed by atoms with Crippen molar-refractivity contribution in [2.24, 2.45) is 0 Å². The molecule has 116 heavy (non-hydrogen) atoms. The molecular weight excluding hydrogens is 1420 g/mol. The van der Waals surface area contributed by atoms with Gasteiger partial charge in [-0.15, -0.1) is 0 Å². The zero-order valence-electron chi connectivity index (χ0n) is 63.4. The Bertz CT molecular complexity index is 6360. The average molecular weight is 1510 g/mol. The molecule has 2 nitrogen and oxygen atoms in total. The molecule has 4 aliphatic rings. The molecule has 18 aromatic rings. The van der Waals surface area contributed by atoms with E-state index in [0.717, 1.165) is 33.5 Å². The van der Waals surface area contributed by atoms with Crippen molar-refractivity contribution in [1.29, 1.82) is 0 Å². The summed E-state index contributed by atoms with van der Waals surface area (Å²) in [6.45, 7) is 0. The number of fused-ring (bicyclic) bond motifs is 18. The Balaban J connectivity index is 0.000000135. The third-order valence-corrected chi connectivity index (χ3v) is 24.6. The van der Waals surface area contributed by atoms with Crippen LogP contribution in [0.3, 0.4) is 0 Å². The fourth-order valence-electron chi connectivity index (χ4n) is 19.8. The molecule has 3 heteroatoms. The lowest BCUT2D eigenvalue weighted by Gasteiger charge is -2.50. The number of anilines is 5. The number of hydrogen-bond donors (Lipinski definition) is 1. The Morgan fingerprint density at radius 2 is 0.440 bits per heavy atom. The van der Waals surface area contributed by atoms with Crippen LogP contribution in [0, 0.1) is 0 Å². The summed E-state index contributed by atoms with van der Waals surface area (Å²) in [4.78, 5) is 2.41. The molecule has 0 saturated carbocycles. The number of rotatable bonds is 11. The number of benzene rings is 18. The highest BCUT2D eigenvalue weighted by Crippen LogP contribution is 2.67. The number of para-hydroxylation sites is 2. The van der Waals surface area contributed by atoms with E-state index in [9.17, 15) is 0 Å². The van der Waals surface area contributed by atoms with Gasteiger partial charge in [-0.05, 0) is 206 Å². The molecule has 0 atom stereocenters. The third-order valence-electron chi connectivity index (χ3n) is 24.4. The van der Waals surface area contributed by atoms with Crippen LogP contribution in [-0.2, 0) is 21.7 Å². The molecule has 4 aliphatic carbocycles. The van der Waals surface area contributed by atoms with E-state index in [0.29, 0.717) is 0 Å². The maximum atomic E-state index is 6.77. The summed E-state index contributed by atoms with van der Waals surface area (Å²) in [5.41, 5.74) is 34.3. The van der Waals surface area contributed by atoms with Crippen molar-refractivity contribution in [3.8, 4) is 44.5 Å². The van der Waals surface area contributed by atoms with Gasteiger partial charge in [-0.3, -0.25) is 0 Å². The van der Waals surface area contributed by atoms with Gasteiger partial charge in [-0.25, -0.2) is 0 Å². The smallest absolute Gasteiger partial charge is 0.0720 e. The van der Waals surface area contributed by atoms with Crippen molar-refractivity contribution < 1.29 is 1.43 Å². The van der Waals surface area contributed by atoms with Crippen LogP contribution in [0.4, 0.5) is 28.4 Å². The highest BCUT2D eigenvalue weighted by Gasteiger charge is 2.59. The van der Waals surface area contributed by atoms with Gasteiger partial charge in [0.05, 0.1) is 21.7 Å². The van der Waals surface area contributed by atoms with Crippen molar-refractivity contribution >= 4 is 40.0 Å². The highest BCUT2D eigenvalue weighted by molar-refractivity contribution is 6.31. The predicted molar refractivity (Wildman–Crippen MR) is 487 cm³/mol. The van der Waals surface area contributed by atoms with E-state index in [1.54, 1.807) is 0 Å². The zero-order chi connectivity index (χ0) is 76.8. The Morgan fingerprint density at radius 3 is 0.819 bits per heavy atom. The number of nitrogens with one attached hydrogen (secondary N) is 1. The first-order valence-corrected chi connectivity index (χ1v) is 40.1. The molecule has 0 aromatic heterocycles. The Hall–Kier alpha value is -14.2. The third kappa shape index (κ3) is 11.6. The zero-order valence-corrected chi connectivity index (χ0v) is 64.1. The maximum absolute atomic E-state index is 6.77. The van der Waals surface area contributed by atoms with Gasteiger partial charge in [-0.2, -0.15) is 0 Å². The predicted octanol–water partition coefficient (Wildman–Crippen LogP) is 29.3. The number of nitrogens with zero attached hydrogens (tertiary/aromatic N) is 1. The summed E-state index contributed by atoms with van der Waals surface area (Å²) in [6.07, 6.45) is 0. The van der Waals surface area contributed by atoms with Crippen LogP contribution in [0.15, 0.2) is 473 Å². The molecule has 0 unspecified atom stereocenters. The molecular formula is C113H85ClN2. The standard InChI is InChI=1S/C56H39N.C38H25Cl.C18H15N.CH4.H2/c1-5-19-40(20-6-1)41-33-35-45(36-34-41)57(44-25-11-4-12-26-44)46-37-38-48-47-27-13-14-28-49(47)56(54(48)39-46)52-31-17-15-29-50(52)55(42-21-7-2-8-22-42,43-23-9-3-10-24-43)51-30-16-18-32-53(51)56;39-28-23-24-30-29-17-7-8-18-31(29)38(36(30)25-28)34-21-11-9-19-32(34)37(26-13-3-1-4-14-26,27-15-5-2-6-16-27)33-20-10-12-22-35(33)38;1-3-7-15(8-4-1)16-11-13-18(14-12-16)19-17-9-5-2-6-10-17;;/h1-39H;1-25H;1-14,19H;1H4;1H/i;;;;1+1. The molecule has 0 heterocycles. The first-order chi connectivity index (χ1) is 57.0. The molecule has 18 aromatic carbocycles. The number of halogens is 1. The van der Waals surface area contributed by atoms with Gasteiger partial charge in [-0.1, -0.05) is 419 Å². The minimum Gasteiger partial charge on any atom is -0.356 e. The molecule has 22 rings (SSSR count). The molecule has 0 bridgehead atoms. The topological polar surface area (TPSA) is 15.3 Å². The van der Waals surface area contributed by atoms with E-state index in [4.69, 9.17) is 11.6 Å². The van der Waals surface area contributed by atoms with Crippen molar-refractivity contribution in [2.45, 2.75) is 29.1 Å². The lowest BCUT2D eigenvalue weighted by atomic mass is 9.51. The van der Waals surface area contributed by atoms with Crippen LogP contribution >= 0.6 is 11.6 Å². The van der Waals surface area contributed by atoms with E-state index in [1.165, 1.54) is 134 Å². The summed E-state index contributed by atoms with van der Waals surface area (Å²) in [5, 5.41) is 4.15. The van der Waals surface area contributed by atoms with Gasteiger partial charge in [0.1, 0.15) is 0 Å². The normalized spacial score (nSPS) is 13.6. The summed E-state index contributed by atoms with van der Waals surface area (Å²) >= 11 is 6.77. The van der Waals surface area contributed by atoms with Crippen molar-refractivity contribution in [1.82, 2.24) is 0 Å². The molecule has 0 fully saturated rings. The Morgan fingerprint density at radius 1 is 0.190 bits per heavy atom. The Kier molecular flexibility index (Phi) is 18.9. The van der Waals surface area contributed by atoms with Gasteiger partial charge in [0.15, 0.2) is 0 Å². The second kappa shape index (κ2) is 30.4. The van der Waals surface area contributed by atoms with Crippen LogP contribution in [0.2, 0.25) is 5.02 Å². The second-order valence-corrected chi connectivity index (χ2v) is 30.6. The van der Waals surface area contributed by atoms with Gasteiger partial charge in [0.2, 0.25) is 0 Å². The van der Waals surface area contributed by atoms with Crippen molar-refractivity contribution in [3.05, 3.63) is 567 Å². The minimum absolute atomic E-state index is 0. The molecule has 0 saturated heterocycles. The van der Waals surface area contributed by atoms with Gasteiger partial charge < -0.3 is 10.2 Å². The lowest BCUT2D eigenvalue weighted by molar-refractivity contribution is 0.623. The lowest BCUT2D eigenvalue weighted by Crippen LogP contribution is -2.44. The van der Waals surface area contributed by atoms with E-state index in [2.05, 4.69) is 453 Å². The first-order valence-electron chi connectivity index (χ1n) is 39.7. The molecule has 2 spiro atoms. The summed E-state index contributed by atoms with van der Waals surface area (Å²) in [5.74, 6) is 0. The average Bonchev–Trinajstić information content (AvgIpc) is 1.59.